The highest BCUT2D eigenvalue weighted by molar-refractivity contribution is 5.83. The minimum atomic E-state index is -0.366. The number of benzene rings is 1. The van der Waals surface area contributed by atoms with Crippen molar-refractivity contribution in [2.45, 2.75) is 20.3 Å². The number of anilines is 1. The highest BCUT2D eigenvalue weighted by Gasteiger charge is 2.14. The Balaban J connectivity index is 2.08. The lowest BCUT2D eigenvalue weighted by molar-refractivity contribution is 0.567. The van der Waals surface area contributed by atoms with Gasteiger partial charge in [0, 0.05) is 17.5 Å². The van der Waals surface area contributed by atoms with E-state index in [4.69, 9.17) is 4.42 Å². The molecule has 0 amide bonds. The third kappa shape index (κ3) is 2.46. The molecule has 108 valence electrons. The van der Waals surface area contributed by atoms with Crippen molar-refractivity contribution in [1.29, 1.82) is 0 Å². The molecule has 1 N–H and O–H groups in total. The van der Waals surface area contributed by atoms with Crippen LogP contribution < -0.4 is 5.32 Å². The lowest BCUT2D eigenvalue weighted by Gasteiger charge is -2.09. The molecule has 0 aliphatic carbocycles. The number of hydrogen-bond donors (Lipinski definition) is 1. The second-order valence-electron chi connectivity index (χ2n) is 4.89. The van der Waals surface area contributed by atoms with Crippen molar-refractivity contribution < 1.29 is 8.81 Å². The molecule has 2 heterocycles. The molecule has 0 radical (unpaired) electrons. The second-order valence-corrected chi connectivity index (χ2v) is 4.89. The Hall–Kier alpha value is -2.43. The number of hydrogen-bond acceptors (Lipinski definition) is 4. The zero-order chi connectivity index (χ0) is 14.8. The molecule has 1 aromatic carbocycles. The van der Waals surface area contributed by atoms with Crippen LogP contribution >= 0.6 is 0 Å². The van der Waals surface area contributed by atoms with E-state index in [1.165, 1.54) is 12.4 Å². The second kappa shape index (κ2) is 5.52. The van der Waals surface area contributed by atoms with E-state index in [0.717, 1.165) is 29.7 Å². The van der Waals surface area contributed by atoms with Crippen molar-refractivity contribution in [2.75, 3.05) is 11.9 Å². The Morgan fingerprint density at radius 2 is 2.14 bits per heavy atom. The summed E-state index contributed by atoms with van der Waals surface area (Å²) in [6.07, 6.45) is 2.50. The molecule has 4 nitrogen and oxygen atoms in total. The fraction of sp³-hybridized carbons (Fsp3) is 0.250. The predicted molar refractivity (Wildman–Crippen MR) is 80.7 cm³/mol. The van der Waals surface area contributed by atoms with Gasteiger partial charge in [0.15, 0.2) is 17.2 Å². The van der Waals surface area contributed by atoms with Crippen molar-refractivity contribution in [2.24, 2.45) is 0 Å². The maximum atomic E-state index is 13.7. The van der Waals surface area contributed by atoms with Crippen LogP contribution in [0.5, 0.6) is 0 Å². The summed E-state index contributed by atoms with van der Waals surface area (Å²) in [5.41, 5.74) is 1.83. The molecule has 0 atom stereocenters. The average Bonchev–Trinajstić information content (AvgIpc) is 2.91. The topological polar surface area (TPSA) is 51.0 Å². The molecule has 0 fully saturated rings. The van der Waals surface area contributed by atoms with Crippen LogP contribution in [0, 0.1) is 12.7 Å². The standard InChI is InChI=1S/C16H16FN3O/c1-3-7-18-16-10(2)14(19-9-20-16)13-8-11-5-4-6-12(17)15(11)21-13/h4-6,8-9H,3,7H2,1-2H3,(H,18,19,20). The van der Waals surface area contributed by atoms with Crippen molar-refractivity contribution in [3.63, 3.8) is 0 Å². The monoisotopic (exact) mass is 285 g/mol. The van der Waals surface area contributed by atoms with Crippen LogP contribution in [0.15, 0.2) is 35.0 Å². The molecule has 0 bridgehead atoms. The quantitative estimate of drug-likeness (QED) is 0.782. The van der Waals surface area contributed by atoms with Crippen LogP contribution in [0.25, 0.3) is 22.4 Å². The molecule has 21 heavy (non-hydrogen) atoms. The predicted octanol–water partition coefficient (Wildman–Crippen LogP) is 4.16. The smallest absolute Gasteiger partial charge is 0.170 e. The largest absolute Gasteiger partial charge is 0.451 e. The van der Waals surface area contributed by atoms with Gasteiger partial charge in [-0.2, -0.15) is 0 Å². The zero-order valence-electron chi connectivity index (χ0n) is 12.0. The summed E-state index contributed by atoms with van der Waals surface area (Å²) in [5.74, 6) is 0.965. The van der Waals surface area contributed by atoms with Crippen LogP contribution in [-0.2, 0) is 0 Å². The number of para-hydroxylation sites is 1. The molecular formula is C16H16FN3O. The van der Waals surface area contributed by atoms with Crippen molar-refractivity contribution in [1.82, 2.24) is 9.97 Å². The van der Waals surface area contributed by atoms with Gasteiger partial charge in [0.2, 0.25) is 0 Å². The molecule has 3 aromatic rings. The van der Waals surface area contributed by atoms with Gasteiger partial charge in [0.05, 0.1) is 0 Å². The minimum absolute atomic E-state index is 0.258. The number of aromatic nitrogens is 2. The zero-order valence-corrected chi connectivity index (χ0v) is 12.0. The van der Waals surface area contributed by atoms with Crippen molar-refractivity contribution >= 4 is 16.8 Å². The number of nitrogens with zero attached hydrogens (tertiary/aromatic N) is 2. The Kier molecular flexibility index (Phi) is 3.56. The molecular weight excluding hydrogens is 269 g/mol. The number of halogens is 1. The maximum Gasteiger partial charge on any atom is 0.170 e. The molecule has 0 aliphatic heterocycles. The number of fused-ring (bicyclic) bond motifs is 1. The molecule has 3 rings (SSSR count). The van der Waals surface area contributed by atoms with Crippen molar-refractivity contribution in [3.8, 4) is 11.5 Å². The number of nitrogens with one attached hydrogen (secondary N) is 1. The van der Waals surface area contributed by atoms with Crippen LogP contribution in [0.3, 0.4) is 0 Å². The van der Waals surface area contributed by atoms with Crippen molar-refractivity contribution in [3.05, 3.63) is 42.0 Å². The van der Waals surface area contributed by atoms with Gasteiger partial charge in [-0.15, -0.1) is 0 Å². The average molecular weight is 285 g/mol. The summed E-state index contributed by atoms with van der Waals surface area (Å²) in [6, 6.07) is 6.67. The van der Waals surface area contributed by atoms with E-state index in [-0.39, 0.29) is 11.4 Å². The Morgan fingerprint density at radius 3 is 2.90 bits per heavy atom. The summed E-state index contributed by atoms with van der Waals surface area (Å²) >= 11 is 0. The van der Waals surface area contributed by atoms with Gasteiger partial charge in [-0.3, -0.25) is 0 Å². The van der Waals surface area contributed by atoms with Gasteiger partial charge < -0.3 is 9.73 Å². The van der Waals surface area contributed by atoms with Gasteiger partial charge >= 0.3 is 0 Å². The van der Waals surface area contributed by atoms with Crippen LogP contribution in [0.4, 0.5) is 10.2 Å². The lowest BCUT2D eigenvalue weighted by Crippen LogP contribution is -2.05. The Bertz CT molecular complexity index is 782. The molecule has 0 saturated heterocycles. The first-order chi connectivity index (χ1) is 10.2. The molecule has 0 unspecified atom stereocenters. The third-order valence-electron chi connectivity index (χ3n) is 3.36. The first-order valence-corrected chi connectivity index (χ1v) is 6.94. The summed E-state index contributed by atoms with van der Waals surface area (Å²) in [7, 11) is 0. The Labute approximate surface area is 122 Å². The summed E-state index contributed by atoms with van der Waals surface area (Å²) in [4.78, 5) is 8.51. The highest BCUT2D eigenvalue weighted by atomic mass is 19.1. The van der Waals surface area contributed by atoms with Crippen LogP contribution in [-0.4, -0.2) is 16.5 Å². The number of furan rings is 1. The molecule has 0 spiro atoms. The third-order valence-corrected chi connectivity index (χ3v) is 3.36. The maximum absolute atomic E-state index is 13.7. The number of rotatable bonds is 4. The van der Waals surface area contributed by atoms with E-state index in [0.29, 0.717) is 11.5 Å². The van der Waals surface area contributed by atoms with Crippen LogP contribution in [0.1, 0.15) is 18.9 Å². The van der Waals surface area contributed by atoms with E-state index in [1.807, 2.05) is 13.0 Å². The molecule has 0 saturated carbocycles. The van der Waals surface area contributed by atoms with E-state index in [1.54, 1.807) is 12.1 Å². The summed E-state index contributed by atoms with van der Waals surface area (Å²) in [6.45, 7) is 4.86. The fourth-order valence-electron chi connectivity index (χ4n) is 2.26. The van der Waals surface area contributed by atoms with Gasteiger partial charge in [-0.05, 0) is 25.5 Å². The summed E-state index contributed by atoms with van der Waals surface area (Å²) < 4.78 is 19.4. The first-order valence-electron chi connectivity index (χ1n) is 6.94. The van der Waals surface area contributed by atoms with E-state index >= 15 is 0 Å². The first kappa shape index (κ1) is 13.5. The molecule has 2 aromatic heterocycles. The van der Waals surface area contributed by atoms with Gasteiger partial charge in [-0.1, -0.05) is 19.1 Å². The van der Waals surface area contributed by atoms with E-state index in [9.17, 15) is 4.39 Å². The van der Waals surface area contributed by atoms with Gasteiger partial charge in [0.1, 0.15) is 17.8 Å². The van der Waals surface area contributed by atoms with Gasteiger partial charge in [0.25, 0.3) is 0 Å². The minimum Gasteiger partial charge on any atom is -0.451 e. The van der Waals surface area contributed by atoms with Gasteiger partial charge in [-0.25, -0.2) is 14.4 Å². The van der Waals surface area contributed by atoms with E-state index < -0.39 is 0 Å². The van der Waals surface area contributed by atoms with E-state index in [2.05, 4.69) is 22.2 Å². The molecule has 5 heteroatoms. The highest BCUT2D eigenvalue weighted by Crippen LogP contribution is 2.31. The summed E-state index contributed by atoms with van der Waals surface area (Å²) in [5, 5.41) is 3.98. The normalized spacial score (nSPS) is 11.0. The fourth-order valence-corrected chi connectivity index (χ4v) is 2.26. The SMILES string of the molecule is CCCNc1ncnc(-c2cc3cccc(F)c3o2)c1C. The molecule has 0 aliphatic rings. The lowest BCUT2D eigenvalue weighted by atomic mass is 10.1. The Morgan fingerprint density at radius 1 is 1.29 bits per heavy atom. The van der Waals surface area contributed by atoms with Crippen LogP contribution in [0.2, 0.25) is 0 Å².